The quantitative estimate of drug-likeness (QED) is 0.659. The fraction of sp³-hybridized carbons (Fsp3) is 0.250. The number of ether oxygens (including phenoxy) is 1. The van der Waals surface area contributed by atoms with Crippen molar-refractivity contribution in [2.24, 2.45) is 0 Å². The van der Waals surface area contributed by atoms with Crippen molar-refractivity contribution >= 4 is 5.97 Å². The van der Waals surface area contributed by atoms with Gasteiger partial charge in [0.05, 0.1) is 19.6 Å². The van der Waals surface area contributed by atoms with Crippen LogP contribution in [-0.4, -0.2) is 18.1 Å². The number of nitriles is 1. The van der Waals surface area contributed by atoms with Crippen molar-refractivity contribution in [2.75, 3.05) is 7.11 Å². The largest absolute Gasteiger partial charge is 0.464 e. The molecular weight excluding hydrogens is 156 g/mol. The fourth-order valence-electron chi connectivity index (χ4n) is 0.926. The molecule has 0 spiro atoms. The van der Waals surface area contributed by atoms with Crippen molar-refractivity contribution in [3.05, 3.63) is 23.5 Å². The Morgan fingerprint density at radius 3 is 3.17 bits per heavy atom. The Bertz CT molecular complexity index is 322. The standard InChI is InChI=1S/C8H8N2O2/c1-12-8(11)7-6(2-4-9)3-5-10-7/h3,5,10H,2H2,1H3. The van der Waals surface area contributed by atoms with Gasteiger partial charge in [0, 0.05) is 6.20 Å². The summed E-state index contributed by atoms with van der Waals surface area (Å²) < 4.78 is 4.50. The van der Waals surface area contributed by atoms with Gasteiger partial charge in [0.2, 0.25) is 0 Å². The highest BCUT2D eigenvalue weighted by Crippen LogP contribution is 2.07. The van der Waals surface area contributed by atoms with Crippen LogP contribution in [0, 0.1) is 11.3 Å². The highest BCUT2D eigenvalue weighted by atomic mass is 16.5. The molecule has 0 aliphatic heterocycles. The summed E-state index contributed by atoms with van der Waals surface area (Å²) in [6, 6.07) is 3.65. The summed E-state index contributed by atoms with van der Waals surface area (Å²) in [6.07, 6.45) is 1.83. The van der Waals surface area contributed by atoms with E-state index in [0.29, 0.717) is 11.3 Å². The number of H-pyrrole nitrogens is 1. The van der Waals surface area contributed by atoms with E-state index in [9.17, 15) is 4.79 Å². The van der Waals surface area contributed by atoms with Crippen LogP contribution >= 0.6 is 0 Å². The second kappa shape index (κ2) is 3.58. The van der Waals surface area contributed by atoms with E-state index >= 15 is 0 Å². The van der Waals surface area contributed by atoms with Crippen LogP contribution in [0.15, 0.2) is 12.3 Å². The molecule has 4 heteroatoms. The number of nitrogens with zero attached hydrogens (tertiary/aromatic N) is 1. The molecule has 0 aromatic carbocycles. The molecule has 12 heavy (non-hydrogen) atoms. The number of rotatable bonds is 2. The van der Waals surface area contributed by atoms with Crippen molar-refractivity contribution in [1.29, 1.82) is 5.26 Å². The van der Waals surface area contributed by atoms with Crippen LogP contribution in [0.4, 0.5) is 0 Å². The number of methoxy groups -OCH3 is 1. The van der Waals surface area contributed by atoms with E-state index in [4.69, 9.17) is 5.26 Å². The van der Waals surface area contributed by atoms with Gasteiger partial charge < -0.3 is 9.72 Å². The summed E-state index contributed by atoms with van der Waals surface area (Å²) in [5.74, 6) is -0.440. The average molecular weight is 164 g/mol. The van der Waals surface area contributed by atoms with Crippen LogP contribution in [0.2, 0.25) is 0 Å². The van der Waals surface area contributed by atoms with E-state index < -0.39 is 5.97 Å². The average Bonchev–Trinajstić information content (AvgIpc) is 2.52. The second-order valence-corrected chi connectivity index (χ2v) is 2.20. The molecule has 0 bridgehead atoms. The molecule has 0 aliphatic rings. The lowest BCUT2D eigenvalue weighted by molar-refractivity contribution is 0.0594. The van der Waals surface area contributed by atoms with Crippen molar-refractivity contribution in [3.63, 3.8) is 0 Å². The zero-order valence-electron chi connectivity index (χ0n) is 6.63. The molecule has 0 radical (unpaired) electrons. The molecular formula is C8H8N2O2. The Hall–Kier alpha value is -1.76. The summed E-state index contributed by atoms with van der Waals surface area (Å²) in [4.78, 5) is 13.7. The van der Waals surface area contributed by atoms with Gasteiger partial charge in [-0.2, -0.15) is 5.26 Å². The van der Waals surface area contributed by atoms with E-state index in [-0.39, 0.29) is 6.42 Å². The first-order valence-electron chi connectivity index (χ1n) is 3.41. The van der Waals surface area contributed by atoms with E-state index in [1.165, 1.54) is 7.11 Å². The molecule has 62 valence electrons. The predicted molar refractivity (Wildman–Crippen MR) is 41.4 cm³/mol. The van der Waals surface area contributed by atoms with Crippen LogP contribution in [0.25, 0.3) is 0 Å². The van der Waals surface area contributed by atoms with Crippen molar-refractivity contribution in [2.45, 2.75) is 6.42 Å². The maximum Gasteiger partial charge on any atom is 0.354 e. The lowest BCUT2D eigenvalue weighted by Gasteiger charge is -1.96. The third kappa shape index (κ3) is 1.45. The van der Waals surface area contributed by atoms with Gasteiger partial charge in [0.15, 0.2) is 0 Å². The molecule has 1 aromatic heterocycles. The van der Waals surface area contributed by atoms with Gasteiger partial charge >= 0.3 is 5.97 Å². The number of nitrogens with one attached hydrogen (secondary N) is 1. The maximum absolute atomic E-state index is 11.0. The Morgan fingerprint density at radius 2 is 2.58 bits per heavy atom. The van der Waals surface area contributed by atoms with Gasteiger partial charge in [-0.3, -0.25) is 0 Å². The van der Waals surface area contributed by atoms with Crippen LogP contribution in [0.5, 0.6) is 0 Å². The highest BCUT2D eigenvalue weighted by molar-refractivity contribution is 5.89. The van der Waals surface area contributed by atoms with E-state index in [1.54, 1.807) is 12.3 Å². The Balaban J connectivity index is 2.92. The summed E-state index contributed by atoms with van der Waals surface area (Å²) in [5, 5.41) is 8.40. The molecule has 1 N–H and O–H groups in total. The molecule has 1 aromatic rings. The van der Waals surface area contributed by atoms with Crippen molar-refractivity contribution in [3.8, 4) is 6.07 Å². The molecule has 0 saturated heterocycles. The SMILES string of the molecule is COC(=O)c1[nH]ccc1CC#N. The molecule has 1 rings (SSSR count). The first kappa shape index (κ1) is 8.34. The Labute approximate surface area is 69.8 Å². The zero-order valence-corrected chi connectivity index (χ0v) is 6.63. The van der Waals surface area contributed by atoms with Crippen LogP contribution in [0.3, 0.4) is 0 Å². The molecule has 0 saturated carbocycles. The summed E-state index contributed by atoms with van der Waals surface area (Å²) in [7, 11) is 1.30. The van der Waals surface area contributed by atoms with Crippen LogP contribution < -0.4 is 0 Å². The Kier molecular flexibility index (Phi) is 2.49. The molecule has 4 nitrogen and oxygen atoms in total. The first-order chi connectivity index (χ1) is 5.79. The van der Waals surface area contributed by atoms with E-state index in [0.717, 1.165) is 0 Å². The molecule has 0 unspecified atom stereocenters. The molecule has 0 aliphatic carbocycles. The summed E-state index contributed by atoms with van der Waals surface area (Å²) >= 11 is 0. The minimum absolute atomic E-state index is 0.216. The van der Waals surface area contributed by atoms with Gasteiger partial charge in [0.25, 0.3) is 0 Å². The lowest BCUT2D eigenvalue weighted by atomic mass is 10.2. The molecule has 0 fully saturated rings. The molecule has 1 heterocycles. The topological polar surface area (TPSA) is 65.9 Å². The van der Waals surface area contributed by atoms with Gasteiger partial charge in [-0.15, -0.1) is 0 Å². The monoisotopic (exact) mass is 164 g/mol. The second-order valence-electron chi connectivity index (χ2n) is 2.20. The maximum atomic E-state index is 11.0. The fourth-order valence-corrected chi connectivity index (χ4v) is 0.926. The smallest absolute Gasteiger partial charge is 0.354 e. The molecule has 0 amide bonds. The normalized spacial score (nSPS) is 9.00. The van der Waals surface area contributed by atoms with Crippen LogP contribution in [-0.2, 0) is 11.2 Å². The number of aromatic amines is 1. The summed E-state index contributed by atoms with van der Waals surface area (Å²) in [6.45, 7) is 0. The third-order valence-corrected chi connectivity index (χ3v) is 1.49. The molecule has 0 atom stereocenters. The number of aromatic nitrogens is 1. The number of hydrogen-bond donors (Lipinski definition) is 1. The van der Waals surface area contributed by atoms with Crippen molar-refractivity contribution in [1.82, 2.24) is 4.98 Å². The lowest BCUT2D eigenvalue weighted by Crippen LogP contribution is -2.04. The van der Waals surface area contributed by atoms with Gasteiger partial charge in [-0.1, -0.05) is 0 Å². The zero-order chi connectivity index (χ0) is 8.97. The summed E-state index contributed by atoms with van der Waals surface area (Å²) in [5.41, 5.74) is 1.03. The van der Waals surface area contributed by atoms with Crippen molar-refractivity contribution < 1.29 is 9.53 Å². The highest BCUT2D eigenvalue weighted by Gasteiger charge is 2.11. The minimum atomic E-state index is -0.440. The van der Waals surface area contributed by atoms with Crippen LogP contribution in [0.1, 0.15) is 16.1 Å². The van der Waals surface area contributed by atoms with E-state index in [2.05, 4.69) is 9.72 Å². The number of esters is 1. The Morgan fingerprint density at radius 1 is 1.83 bits per heavy atom. The van der Waals surface area contributed by atoms with Gasteiger partial charge in [0.1, 0.15) is 5.69 Å². The van der Waals surface area contributed by atoms with E-state index in [1.807, 2.05) is 6.07 Å². The number of carbonyl (C=O) groups is 1. The number of hydrogen-bond acceptors (Lipinski definition) is 3. The minimum Gasteiger partial charge on any atom is -0.464 e. The van der Waals surface area contributed by atoms with Gasteiger partial charge in [-0.05, 0) is 11.6 Å². The first-order valence-corrected chi connectivity index (χ1v) is 3.41. The predicted octanol–water partition coefficient (Wildman–Crippen LogP) is 0.867. The number of carbonyl (C=O) groups excluding carboxylic acids is 1. The van der Waals surface area contributed by atoms with Gasteiger partial charge in [-0.25, -0.2) is 4.79 Å². The third-order valence-electron chi connectivity index (χ3n) is 1.49.